The molecule has 2 N–H and O–H groups in total. The Kier molecular flexibility index (Phi) is 4.57. The van der Waals surface area contributed by atoms with Crippen LogP contribution in [0, 0.1) is 12.8 Å². The maximum Gasteiger partial charge on any atom is 0.0105 e. The molecule has 94 valence electrons. The van der Waals surface area contributed by atoms with Crippen molar-refractivity contribution in [3.63, 3.8) is 0 Å². The first-order chi connectivity index (χ1) is 8.29. The molecule has 2 rings (SSSR count). The largest absolute Gasteiger partial charge is 0.329 e. The van der Waals surface area contributed by atoms with Crippen molar-refractivity contribution >= 4 is 0 Å². The fourth-order valence-corrected chi connectivity index (χ4v) is 2.75. The van der Waals surface area contributed by atoms with Crippen LogP contribution in [0.1, 0.15) is 24.0 Å². The molecule has 17 heavy (non-hydrogen) atoms. The number of piperidine rings is 1. The molecule has 0 spiro atoms. The van der Waals surface area contributed by atoms with Crippen LogP contribution in [0.25, 0.3) is 0 Å². The second-order valence-corrected chi connectivity index (χ2v) is 5.20. The van der Waals surface area contributed by atoms with Crippen molar-refractivity contribution in [2.75, 3.05) is 26.2 Å². The third-order valence-corrected chi connectivity index (χ3v) is 3.92. The van der Waals surface area contributed by atoms with Crippen molar-refractivity contribution in [1.82, 2.24) is 4.90 Å². The van der Waals surface area contributed by atoms with E-state index in [2.05, 4.69) is 36.1 Å². The lowest BCUT2D eigenvalue weighted by atomic mass is 9.88. The summed E-state index contributed by atoms with van der Waals surface area (Å²) in [6.45, 7) is 6.54. The van der Waals surface area contributed by atoms with Crippen LogP contribution < -0.4 is 5.73 Å². The van der Waals surface area contributed by atoms with Crippen LogP contribution in [0.2, 0.25) is 0 Å². The van der Waals surface area contributed by atoms with Crippen LogP contribution in [-0.4, -0.2) is 31.1 Å². The smallest absolute Gasteiger partial charge is 0.0105 e. The Labute approximate surface area is 105 Å². The molecule has 1 aliphatic rings. The molecule has 0 bridgehead atoms. The maximum absolute atomic E-state index is 5.60. The fourth-order valence-electron chi connectivity index (χ4n) is 2.75. The molecule has 2 nitrogen and oxygen atoms in total. The summed E-state index contributed by atoms with van der Waals surface area (Å²) in [5.41, 5.74) is 8.57. The summed E-state index contributed by atoms with van der Waals surface area (Å²) in [7, 11) is 0. The lowest BCUT2D eigenvalue weighted by molar-refractivity contribution is 0.188. The summed E-state index contributed by atoms with van der Waals surface area (Å²) in [6.07, 6.45) is 3.91. The lowest BCUT2D eigenvalue weighted by Gasteiger charge is -2.31. The normalized spacial score (nSPS) is 18.5. The zero-order valence-corrected chi connectivity index (χ0v) is 10.9. The van der Waals surface area contributed by atoms with Gasteiger partial charge in [-0.1, -0.05) is 24.3 Å². The van der Waals surface area contributed by atoms with Crippen LogP contribution in [0.15, 0.2) is 24.3 Å². The van der Waals surface area contributed by atoms with Gasteiger partial charge in [-0.25, -0.2) is 0 Å². The Morgan fingerprint density at radius 1 is 1.24 bits per heavy atom. The van der Waals surface area contributed by atoms with E-state index >= 15 is 0 Å². The number of nitrogens with zero attached hydrogens (tertiary/aromatic N) is 1. The monoisotopic (exact) mass is 232 g/mol. The third-order valence-electron chi connectivity index (χ3n) is 3.92. The number of hydrogen-bond donors (Lipinski definition) is 1. The molecule has 1 aromatic carbocycles. The van der Waals surface area contributed by atoms with Crippen molar-refractivity contribution in [1.29, 1.82) is 0 Å². The average Bonchev–Trinajstić information content (AvgIpc) is 2.35. The predicted molar refractivity (Wildman–Crippen MR) is 73.1 cm³/mol. The van der Waals surface area contributed by atoms with Gasteiger partial charge in [0.15, 0.2) is 0 Å². The zero-order valence-electron chi connectivity index (χ0n) is 10.9. The molecule has 0 atom stereocenters. The van der Waals surface area contributed by atoms with Crippen molar-refractivity contribution in [2.45, 2.75) is 26.2 Å². The lowest BCUT2D eigenvalue weighted by Crippen LogP contribution is -2.37. The van der Waals surface area contributed by atoms with E-state index < -0.39 is 0 Å². The van der Waals surface area contributed by atoms with Gasteiger partial charge in [0.25, 0.3) is 0 Å². The molecular formula is C15H24N2. The van der Waals surface area contributed by atoms with Crippen molar-refractivity contribution in [3.8, 4) is 0 Å². The number of rotatable bonds is 4. The van der Waals surface area contributed by atoms with E-state index in [-0.39, 0.29) is 0 Å². The van der Waals surface area contributed by atoms with Gasteiger partial charge in [0, 0.05) is 13.1 Å². The first-order valence-corrected chi connectivity index (χ1v) is 6.76. The maximum atomic E-state index is 5.60. The zero-order chi connectivity index (χ0) is 12.1. The van der Waals surface area contributed by atoms with E-state index in [1.807, 2.05) is 0 Å². The second-order valence-electron chi connectivity index (χ2n) is 5.20. The number of aryl methyl sites for hydroxylation is 1. The Balaban J connectivity index is 1.84. The summed E-state index contributed by atoms with van der Waals surface area (Å²) < 4.78 is 0. The van der Waals surface area contributed by atoms with E-state index in [0.717, 1.165) is 19.0 Å². The molecule has 0 aliphatic carbocycles. The highest BCUT2D eigenvalue weighted by atomic mass is 15.1. The topological polar surface area (TPSA) is 29.3 Å². The summed E-state index contributed by atoms with van der Waals surface area (Å²) in [5, 5.41) is 0. The Bertz CT molecular complexity index is 341. The van der Waals surface area contributed by atoms with Gasteiger partial charge in [-0.2, -0.15) is 0 Å². The Hall–Kier alpha value is -0.860. The molecule has 0 radical (unpaired) electrons. The number of likely N-dealkylation sites (tertiary alicyclic amines) is 1. The van der Waals surface area contributed by atoms with Gasteiger partial charge in [0.05, 0.1) is 0 Å². The van der Waals surface area contributed by atoms with Gasteiger partial charge in [-0.05, 0) is 56.3 Å². The number of hydrogen-bond acceptors (Lipinski definition) is 2. The molecule has 1 fully saturated rings. The third kappa shape index (κ3) is 3.55. The standard InChI is InChI=1S/C15H24N2/c1-13-4-2-3-5-15(13)12-14-6-9-17(10-7-14)11-8-16/h2-5,14H,6-12,16H2,1H3. The predicted octanol–water partition coefficient (Wildman–Crippen LogP) is 2.21. The Morgan fingerprint density at radius 2 is 1.94 bits per heavy atom. The fraction of sp³-hybridized carbons (Fsp3) is 0.600. The number of benzene rings is 1. The van der Waals surface area contributed by atoms with Gasteiger partial charge < -0.3 is 10.6 Å². The van der Waals surface area contributed by atoms with Crippen molar-refractivity contribution < 1.29 is 0 Å². The van der Waals surface area contributed by atoms with Crippen LogP contribution in [0.3, 0.4) is 0 Å². The summed E-state index contributed by atoms with van der Waals surface area (Å²) in [4.78, 5) is 2.49. The van der Waals surface area contributed by atoms with Crippen molar-refractivity contribution in [2.24, 2.45) is 11.7 Å². The first-order valence-electron chi connectivity index (χ1n) is 6.76. The van der Waals surface area contributed by atoms with E-state index in [1.54, 1.807) is 0 Å². The van der Waals surface area contributed by atoms with Gasteiger partial charge in [0.1, 0.15) is 0 Å². The highest BCUT2D eigenvalue weighted by molar-refractivity contribution is 5.25. The number of nitrogens with two attached hydrogens (primary N) is 1. The van der Waals surface area contributed by atoms with Crippen LogP contribution in [0.5, 0.6) is 0 Å². The minimum Gasteiger partial charge on any atom is -0.329 e. The first kappa shape index (κ1) is 12.6. The van der Waals surface area contributed by atoms with E-state index in [4.69, 9.17) is 5.73 Å². The van der Waals surface area contributed by atoms with Crippen LogP contribution in [0.4, 0.5) is 0 Å². The van der Waals surface area contributed by atoms with E-state index in [1.165, 1.54) is 43.5 Å². The molecule has 1 heterocycles. The minimum absolute atomic E-state index is 0.794. The van der Waals surface area contributed by atoms with Gasteiger partial charge in [-0.15, -0.1) is 0 Å². The minimum atomic E-state index is 0.794. The molecule has 1 aromatic rings. The SMILES string of the molecule is Cc1ccccc1CC1CCN(CCN)CC1. The van der Waals surface area contributed by atoms with Crippen LogP contribution in [-0.2, 0) is 6.42 Å². The summed E-state index contributed by atoms with van der Waals surface area (Å²) in [5.74, 6) is 0.866. The molecule has 0 unspecified atom stereocenters. The van der Waals surface area contributed by atoms with Gasteiger partial charge in [-0.3, -0.25) is 0 Å². The highest BCUT2D eigenvalue weighted by Gasteiger charge is 2.19. The second kappa shape index (κ2) is 6.18. The average molecular weight is 232 g/mol. The molecule has 1 aliphatic heterocycles. The summed E-state index contributed by atoms with van der Waals surface area (Å²) >= 11 is 0. The van der Waals surface area contributed by atoms with Gasteiger partial charge in [0.2, 0.25) is 0 Å². The van der Waals surface area contributed by atoms with Crippen molar-refractivity contribution in [3.05, 3.63) is 35.4 Å². The molecule has 2 heteroatoms. The molecule has 0 saturated carbocycles. The molecule has 1 saturated heterocycles. The Morgan fingerprint density at radius 3 is 2.59 bits per heavy atom. The summed E-state index contributed by atoms with van der Waals surface area (Å²) in [6, 6.07) is 8.79. The van der Waals surface area contributed by atoms with E-state index in [0.29, 0.717) is 0 Å². The molecular weight excluding hydrogens is 208 g/mol. The van der Waals surface area contributed by atoms with E-state index in [9.17, 15) is 0 Å². The quantitative estimate of drug-likeness (QED) is 0.862. The molecule has 0 amide bonds. The highest BCUT2D eigenvalue weighted by Crippen LogP contribution is 2.22. The molecule has 0 aromatic heterocycles. The van der Waals surface area contributed by atoms with Crippen LogP contribution >= 0.6 is 0 Å². The van der Waals surface area contributed by atoms with Gasteiger partial charge >= 0.3 is 0 Å².